The van der Waals surface area contributed by atoms with Crippen molar-refractivity contribution in [2.24, 2.45) is 0 Å². The van der Waals surface area contributed by atoms with Crippen LogP contribution in [0.4, 0.5) is 0 Å². The Kier molecular flexibility index (Phi) is 3.96. The molecular weight excluding hydrogens is 121 g/mol. The van der Waals surface area contributed by atoms with Crippen molar-refractivity contribution in [2.45, 2.75) is 0 Å². The van der Waals surface area contributed by atoms with Crippen LogP contribution < -0.4 is 56.9 Å². The summed E-state index contributed by atoms with van der Waals surface area (Å²) in [6.45, 7) is 0. The summed E-state index contributed by atoms with van der Waals surface area (Å²) in [5, 5.41) is 2.07. The van der Waals surface area contributed by atoms with Gasteiger partial charge in [0.1, 0.15) is 6.26 Å². The predicted molar refractivity (Wildman–Crippen MR) is 20.4 cm³/mol. The molecule has 1 aromatic heterocycles. The van der Waals surface area contributed by atoms with Gasteiger partial charge in [0, 0.05) is 6.07 Å². The van der Waals surface area contributed by atoms with Crippen molar-refractivity contribution in [1.29, 1.82) is 0 Å². The van der Waals surface area contributed by atoms with E-state index in [1.807, 2.05) is 0 Å². The van der Waals surface area contributed by atoms with Gasteiger partial charge < -0.3 is 5.95 Å². The molecule has 0 saturated carbocycles. The standard InChI is InChI=1S/C3H3NO2.K.H/c5-3-1-2-6-4-3;;/h1-2H,(H,4,5);;/q;+1;-1. The maximum atomic E-state index is 9.92. The molecule has 0 bridgehead atoms. The van der Waals surface area contributed by atoms with Crippen LogP contribution >= 0.6 is 0 Å². The molecule has 34 valence electrons. The van der Waals surface area contributed by atoms with Gasteiger partial charge in [-0.15, -0.1) is 0 Å². The van der Waals surface area contributed by atoms with E-state index in [0.717, 1.165) is 0 Å². The maximum absolute atomic E-state index is 9.92. The number of aromatic amines is 1. The molecule has 0 amide bonds. The van der Waals surface area contributed by atoms with Crippen LogP contribution in [0.5, 0.6) is 0 Å². The second-order valence-corrected chi connectivity index (χ2v) is 0.887. The first-order valence-electron chi connectivity index (χ1n) is 1.52. The quantitative estimate of drug-likeness (QED) is 0.378. The Morgan fingerprint density at radius 3 is 2.71 bits per heavy atom. The zero-order valence-corrected chi connectivity index (χ0v) is 7.09. The molecule has 0 aliphatic carbocycles. The van der Waals surface area contributed by atoms with Gasteiger partial charge in [-0.1, -0.05) is 0 Å². The van der Waals surface area contributed by atoms with E-state index in [-0.39, 0.29) is 58.4 Å². The van der Waals surface area contributed by atoms with Crippen molar-refractivity contribution < 1.29 is 57.3 Å². The molecule has 0 atom stereocenters. The van der Waals surface area contributed by atoms with Crippen molar-refractivity contribution in [3.63, 3.8) is 0 Å². The number of aromatic nitrogens is 1. The van der Waals surface area contributed by atoms with Gasteiger partial charge in [-0.2, -0.15) is 5.16 Å². The molecule has 3 nitrogen and oxygen atoms in total. The zero-order chi connectivity index (χ0) is 4.41. The summed E-state index contributed by atoms with van der Waals surface area (Å²) in [4.78, 5) is 9.92. The number of hydrogen-bond donors (Lipinski definition) is 1. The maximum Gasteiger partial charge on any atom is 1.00 e. The Balaban J connectivity index is 0. The second-order valence-electron chi connectivity index (χ2n) is 0.887. The molecule has 7 heavy (non-hydrogen) atoms. The number of nitrogens with one attached hydrogen (secondary N) is 1. The third-order valence-electron chi connectivity index (χ3n) is 0.447. The minimum atomic E-state index is -0.199. The fourth-order valence-electron chi connectivity index (χ4n) is 0.222. The van der Waals surface area contributed by atoms with Crippen molar-refractivity contribution in [1.82, 2.24) is 5.16 Å². The SMILES string of the molecule is O=c1cco[nH]1.[H-].[K+]. The molecule has 1 N–H and O–H groups in total. The van der Waals surface area contributed by atoms with Crippen molar-refractivity contribution in [2.75, 3.05) is 0 Å². The summed E-state index contributed by atoms with van der Waals surface area (Å²) in [5.41, 5.74) is -0.199. The van der Waals surface area contributed by atoms with Crippen LogP contribution in [0.25, 0.3) is 0 Å². The van der Waals surface area contributed by atoms with E-state index >= 15 is 0 Å². The van der Waals surface area contributed by atoms with E-state index in [4.69, 9.17) is 0 Å². The molecule has 0 aliphatic rings. The van der Waals surface area contributed by atoms with Crippen LogP contribution in [-0.2, 0) is 0 Å². The fourth-order valence-corrected chi connectivity index (χ4v) is 0.222. The third-order valence-corrected chi connectivity index (χ3v) is 0.447. The van der Waals surface area contributed by atoms with E-state index in [9.17, 15) is 4.79 Å². The van der Waals surface area contributed by atoms with E-state index in [1.54, 1.807) is 0 Å². The number of H-pyrrole nitrogens is 1. The Hall–Kier alpha value is 0.646. The second kappa shape index (κ2) is 3.62. The van der Waals surface area contributed by atoms with Gasteiger partial charge in [-0.3, -0.25) is 4.79 Å². The molecule has 1 heterocycles. The number of hydrogen-bond acceptors (Lipinski definition) is 2. The minimum absolute atomic E-state index is 0. The van der Waals surface area contributed by atoms with Gasteiger partial charge in [0.25, 0.3) is 5.56 Å². The first kappa shape index (κ1) is 7.65. The summed E-state index contributed by atoms with van der Waals surface area (Å²) in [5.74, 6) is 0. The topological polar surface area (TPSA) is 46.0 Å². The summed E-state index contributed by atoms with van der Waals surface area (Å²) >= 11 is 0. The molecule has 0 fully saturated rings. The first-order chi connectivity index (χ1) is 2.89. The average Bonchev–Trinajstić information content (AvgIpc) is 1.86. The predicted octanol–water partition coefficient (Wildman–Crippen LogP) is -2.92. The van der Waals surface area contributed by atoms with Crippen molar-refractivity contribution >= 4 is 0 Å². The zero-order valence-electron chi connectivity index (χ0n) is 4.97. The molecule has 0 unspecified atom stereocenters. The van der Waals surface area contributed by atoms with Crippen LogP contribution in [0.1, 0.15) is 1.43 Å². The van der Waals surface area contributed by atoms with E-state index < -0.39 is 0 Å². The number of rotatable bonds is 0. The largest absolute Gasteiger partial charge is 1.00 e. The Morgan fingerprint density at radius 1 is 1.86 bits per heavy atom. The molecule has 0 aromatic carbocycles. The molecule has 0 spiro atoms. The van der Waals surface area contributed by atoms with Gasteiger partial charge >= 0.3 is 51.4 Å². The van der Waals surface area contributed by atoms with E-state index in [2.05, 4.69) is 9.68 Å². The van der Waals surface area contributed by atoms with Gasteiger partial charge in [0.05, 0.1) is 0 Å². The Bertz CT molecular complexity index is 155. The molecule has 0 aliphatic heterocycles. The van der Waals surface area contributed by atoms with Gasteiger partial charge in [0.15, 0.2) is 0 Å². The summed E-state index contributed by atoms with van der Waals surface area (Å²) in [6.07, 6.45) is 1.29. The Labute approximate surface area is 84.0 Å². The summed E-state index contributed by atoms with van der Waals surface area (Å²) < 4.78 is 4.28. The van der Waals surface area contributed by atoms with Crippen LogP contribution in [0.15, 0.2) is 21.6 Å². The van der Waals surface area contributed by atoms with Crippen LogP contribution in [-0.4, -0.2) is 5.16 Å². The monoisotopic (exact) mass is 125 g/mol. The minimum Gasteiger partial charge on any atom is -1.00 e. The van der Waals surface area contributed by atoms with Gasteiger partial charge in [-0.25, -0.2) is 0 Å². The van der Waals surface area contributed by atoms with Crippen LogP contribution in [0, 0.1) is 0 Å². The Morgan fingerprint density at radius 2 is 2.57 bits per heavy atom. The fraction of sp³-hybridized carbons (Fsp3) is 0. The van der Waals surface area contributed by atoms with Gasteiger partial charge in [0.2, 0.25) is 0 Å². The van der Waals surface area contributed by atoms with Crippen molar-refractivity contribution in [3.05, 3.63) is 22.7 Å². The van der Waals surface area contributed by atoms with Crippen LogP contribution in [0.3, 0.4) is 0 Å². The van der Waals surface area contributed by atoms with Gasteiger partial charge in [-0.05, 0) is 0 Å². The molecule has 4 heteroatoms. The smallest absolute Gasteiger partial charge is 1.00 e. The first-order valence-corrected chi connectivity index (χ1v) is 1.52. The summed E-state index contributed by atoms with van der Waals surface area (Å²) in [7, 11) is 0. The molecule has 1 aromatic rings. The molecule has 0 saturated heterocycles. The molecule has 0 radical (unpaired) electrons. The van der Waals surface area contributed by atoms with Crippen molar-refractivity contribution in [3.8, 4) is 0 Å². The normalized spacial score (nSPS) is 7.43. The molecule has 1 rings (SSSR count). The summed E-state index contributed by atoms with van der Waals surface area (Å²) in [6, 6.07) is 1.31. The molecular formula is C3H4KNO2. The third kappa shape index (κ3) is 2.45. The van der Waals surface area contributed by atoms with E-state index in [0.29, 0.717) is 0 Å². The average molecular weight is 125 g/mol. The van der Waals surface area contributed by atoms with E-state index in [1.165, 1.54) is 12.3 Å². The van der Waals surface area contributed by atoms with Crippen LogP contribution in [0.2, 0.25) is 0 Å².